The van der Waals surface area contributed by atoms with Crippen molar-refractivity contribution in [1.82, 2.24) is 9.88 Å². The number of rotatable bonds is 4. The third-order valence-electron chi connectivity index (χ3n) is 7.00. The van der Waals surface area contributed by atoms with Crippen LogP contribution in [0.3, 0.4) is 0 Å². The first-order valence-corrected chi connectivity index (χ1v) is 11.2. The second-order valence-corrected chi connectivity index (χ2v) is 9.45. The molecule has 0 aliphatic carbocycles. The number of piperidine rings is 1. The number of hydrogen-bond donors (Lipinski definition) is 2. The summed E-state index contributed by atoms with van der Waals surface area (Å²) in [6, 6.07) is 9.45. The van der Waals surface area contributed by atoms with Gasteiger partial charge >= 0.3 is 6.18 Å². The van der Waals surface area contributed by atoms with E-state index >= 15 is 0 Å². The molecule has 4 nitrogen and oxygen atoms in total. The zero-order valence-electron chi connectivity index (χ0n) is 19.1. The molecule has 2 heterocycles. The number of benzene rings is 2. The Labute approximate surface area is 191 Å². The van der Waals surface area contributed by atoms with Gasteiger partial charge in [-0.1, -0.05) is 29.8 Å². The van der Waals surface area contributed by atoms with Gasteiger partial charge in [0.15, 0.2) is 0 Å². The molecule has 1 saturated heterocycles. The van der Waals surface area contributed by atoms with Gasteiger partial charge < -0.3 is 15.0 Å². The number of halogens is 3. The van der Waals surface area contributed by atoms with E-state index in [0.29, 0.717) is 43.6 Å². The predicted octanol–water partition coefficient (Wildman–Crippen LogP) is 5.57. The average Bonchev–Trinajstić information content (AvgIpc) is 3.10. The molecule has 1 fully saturated rings. The first kappa shape index (κ1) is 23.4. The molecule has 2 N–H and O–H groups in total. The standard InChI is InChI=1S/C26H29F3N2O2/c1-16-11-17(2)22-21(12-16)18(3)23(30-22)24(33)31-9-7-25(15-32,8-10-31)14-19-5-4-6-20(13-19)26(27,28)29/h4-6,11-13,30,32H,7-10,14-15H2,1-3H3. The second kappa shape index (κ2) is 8.52. The van der Waals surface area contributed by atoms with Crippen LogP contribution in [0, 0.1) is 26.2 Å². The number of hydrogen-bond acceptors (Lipinski definition) is 2. The fourth-order valence-electron chi connectivity index (χ4n) is 5.02. The van der Waals surface area contributed by atoms with E-state index in [4.69, 9.17) is 0 Å². The number of carbonyl (C=O) groups excluding carboxylic acids is 1. The highest BCUT2D eigenvalue weighted by Crippen LogP contribution is 2.37. The fraction of sp³-hybridized carbons (Fsp3) is 0.423. The molecule has 1 aliphatic heterocycles. The van der Waals surface area contributed by atoms with Crippen molar-refractivity contribution in [2.45, 2.75) is 46.2 Å². The summed E-state index contributed by atoms with van der Waals surface area (Å²) < 4.78 is 39.3. The van der Waals surface area contributed by atoms with Gasteiger partial charge in [0.05, 0.1) is 5.56 Å². The van der Waals surface area contributed by atoms with Gasteiger partial charge in [-0.3, -0.25) is 4.79 Å². The number of nitrogens with one attached hydrogen (secondary N) is 1. The molecule has 1 amide bonds. The summed E-state index contributed by atoms with van der Waals surface area (Å²) in [5.74, 6) is -0.0774. The number of aromatic nitrogens is 1. The minimum Gasteiger partial charge on any atom is -0.396 e. The van der Waals surface area contributed by atoms with Crippen LogP contribution in [0.1, 0.15) is 51.1 Å². The van der Waals surface area contributed by atoms with Crippen molar-refractivity contribution in [3.05, 3.63) is 69.9 Å². The molecule has 176 valence electrons. The summed E-state index contributed by atoms with van der Waals surface area (Å²) in [5.41, 5.74) is 4.03. The highest BCUT2D eigenvalue weighted by molar-refractivity contribution is 6.01. The number of aliphatic hydroxyl groups is 1. The Morgan fingerprint density at radius 3 is 2.45 bits per heavy atom. The Balaban J connectivity index is 1.51. The zero-order valence-corrected chi connectivity index (χ0v) is 19.1. The molecule has 3 aromatic rings. The molecule has 1 aliphatic rings. The number of aromatic amines is 1. The monoisotopic (exact) mass is 458 g/mol. The van der Waals surface area contributed by atoms with E-state index in [2.05, 4.69) is 17.1 Å². The van der Waals surface area contributed by atoms with Crippen LogP contribution >= 0.6 is 0 Å². The van der Waals surface area contributed by atoms with Crippen molar-refractivity contribution < 1.29 is 23.1 Å². The molecule has 2 aromatic carbocycles. The minimum absolute atomic E-state index is 0.0774. The molecule has 0 atom stereocenters. The number of aliphatic hydroxyl groups excluding tert-OH is 1. The average molecular weight is 459 g/mol. The molecule has 0 bridgehead atoms. The maximum absolute atomic E-state index is 13.3. The normalized spacial score (nSPS) is 16.4. The van der Waals surface area contributed by atoms with E-state index in [1.165, 1.54) is 6.07 Å². The minimum atomic E-state index is -4.40. The molecule has 0 unspecified atom stereocenters. The van der Waals surface area contributed by atoms with Crippen LogP contribution in [0.4, 0.5) is 13.2 Å². The van der Waals surface area contributed by atoms with Crippen LogP contribution in [-0.2, 0) is 12.6 Å². The lowest BCUT2D eigenvalue weighted by Gasteiger charge is -2.41. The third-order valence-corrected chi connectivity index (χ3v) is 7.00. The lowest BCUT2D eigenvalue weighted by atomic mass is 9.74. The number of alkyl halides is 3. The van der Waals surface area contributed by atoms with Crippen molar-refractivity contribution in [3.8, 4) is 0 Å². The van der Waals surface area contributed by atoms with Gasteiger partial charge in [0.2, 0.25) is 0 Å². The topological polar surface area (TPSA) is 56.3 Å². The predicted molar refractivity (Wildman–Crippen MR) is 122 cm³/mol. The quantitative estimate of drug-likeness (QED) is 0.537. The van der Waals surface area contributed by atoms with Crippen molar-refractivity contribution >= 4 is 16.8 Å². The van der Waals surface area contributed by atoms with E-state index in [0.717, 1.165) is 39.7 Å². The van der Waals surface area contributed by atoms with Crippen LogP contribution in [0.2, 0.25) is 0 Å². The number of H-pyrrole nitrogens is 1. The van der Waals surface area contributed by atoms with Crippen molar-refractivity contribution in [2.75, 3.05) is 19.7 Å². The number of aryl methyl sites for hydroxylation is 3. The lowest BCUT2D eigenvalue weighted by molar-refractivity contribution is -0.137. The molecule has 0 radical (unpaired) electrons. The number of carbonyl (C=O) groups is 1. The largest absolute Gasteiger partial charge is 0.416 e. The smallest absolute Gasteiger partial charge is 0.396 e. The van der Waals surface area contributed by atoms with Gasteiger partial charge in [-0.2, -0.15) is 13.2 Å². The van der Waals surface area contributed by atoms with Crippen LogP contribution in [-0.4, -0.2) is 40.6 Å². The van der Waals surface area contributed by atoms with E-state index in [1.54, 1.807) is 11.0 Å². The van der Waals surface area contributed by atoms with Gasteiger partial charge in [0.1, 0.15) is 5.69 Å². The Bertz CT molecular complexity index is 1190. The first-order chi connectivity index (χ1) is 15.5. The molecular weight excluding hydrogens is 429 g/mol. The molecule has 33 heavy (non-hydrogen) atoms. The van der Waals surface area contributed by atoms with Gasteiger partial charge in [-0.05, 0) is 68.9 Å². The van der Waals surface area contributed by atoms with E-state index in [-0.39, 0.29) is 12.5 Å². The first-order valence-electron chi connectivity index (χ1n) is 11.2. The SMILES string of the molecule is Cc1cc(C)c2[nH]c(C(=O)N3CCC(CO)(Cc4cccc(C(F)(F)F)c4)CC3)c(C)c2c1. The van der Waals surface area contributed by atoms with Crippen molar-refractivity contribution in [2.24, 2.45) is 5.41 Å². The van der Waals surface area contributed by atoms with Crippen molar-refractivity contribution in [1.29, 1.82) is 0 Å². The zero-order chi connectivity index (χ0) is 24.0. The van der Waals surface area contributed by atoms with Crippen LogP contribution in [0.15, 0.2) is 36.4 Å². The number of amides is 1. The van der Waals surface area contributed by atoms with Gasteiger partial charge in [0.25, 0.3) is 5.91 Å². The fourth-order valence-corrected chi connectivity index (χ4v) is 5.02. The van der Waals surface area contributed by atoms with E-state index in [1.807, 2.05) is 20.8 Å². The number of nitrogens with zero attached hydrogens (tertiary/aromatic N) is 1. The molecule has 0 saturated carbocycles. The summed E-state index contributed by atoms with van der Waals surface area (Å²) >= 11 is 0. The summed E-state index contributed by atoms with van der Waals surface area (Å²) in [7, 11) is 0. The van der Waals surface area contributed by atoms with Gasteiger partial charge in [-0.15, -0.1) is 0 Å². The molecular formula is C26H29F3N2O2. The van der Waals surface area contributed by atoms with Crippen LogP contribution in [0.25, 0.3) is 10.9 Å². The molecule has 1 aromatic heterocycles. The molecule has 7 heteroatoms. The van der Waals surface area contributed by atoms with Crippen LogP contribution in [0.5, 0.6) is 0 Å². The Hall–Kier alpha value is -2.80. The summed E-state index contributed by atoms with van der Waals surface area (Å²) in [6.07, 6.45) is -2.99. The van der Waals surface area contributed by atoms with E-state index in [9.17, 15) is 23.1 Å². The highest BCUT2D eigenvalue weighted by Gasteiger charge is 2.37. The Morgan fingerprint density at radius 2 is 1.82 bits per heavy atom. The number of likely N-dealkylation sites (tertiary alicyclic amines) is 1. The number of fused-ring (bicyclic) bond motifs is 1. The summed E-state index contributed by atoms with van der Waals surface area (Å²) in [4.78, 5) is 18.4. The Morgan fingerprint density at radius 1 is 1.12 bits per heavy atom. The van der Waals surface area contributed by atoms with E-state index < -0.39 is 17.2 Å². The third kappa shape index (κ3) is 4.51. The lowest BCUT2D eigenvalue weighted by Crippen LogP contribution is -2.45. The second-order valence-electron chi connectivity index (χ2n) is 9.45. The summed E-state index contributed by atoms with van der Waals surface area (Å²) in [6.45, 7) is 6.76. The highest BCUT2D eigenvalue weighted by atomic mass is 19.4. The van der Waals surface area contributed by atoms with Crippen LogP contribution < -0.4 is 0 Å². The Kier molecular flexibility index (Phi) is 6.03. The molecule has 0 spiro atoms. The molecule has 4 rings (SSSR count). The van der Waals surface area contributed by atoms with Gasteiger partial charge in [0, 0.05) is 36.0 Å². The van der Waals surface area contributed by atoms with Gasteiger partial charge in [-0.25, -0.2) is 0 Å². The maximum atomic E-state index is 13.3. The van der Waals surface area contributed by atoms with Crippen molar-refractivity contribution in [3.63, 3.8) is 0 Å². The maximum Gasteiger partial charge on any atom is 0.416 e. The summed E-state index contributed by atoms with van der Waals surface area (Å²) in [5, 5.41) is 11.2.